The predicted octanol–water partition coefficient (Wildman–Crippen LogP) is 3.08. The van der Waals surface area contributed by atoms with E-state index in [1.807, 2.05) is 0 Å². The Morgan fingerprint density at radius 3 is 2.19 bits per heavy atom. The van der Waals surface area contributed by atoms with Gasteiger partial charge in [0.15, 0.2) is 0 Å². The van der Waals surface area contributed by atoms with Crippen molar-refractivity contribution in [3.63, 3.8) is 0 Å². The van der Waals surface area contributed by atoms with Crippen molar-refractivity contribution < 1.29 is 0 Å². The highest BCUT2D eigenvalue weighted by Gasteiger charge is 2.53. The van der Waals surface area contributed by atoms with Crippen LogP contribution in [0.2, 0.25) is 0 Å². The van der Waals surface area contributed by atoms with Crippen LogP contribution in [0.1, 0.15) is 59.3 Å². The summed E-state index contributed by atoms with van der Waals surface area (Å²) in [7, 11) is 0. The zero-order valence-electron chi connectivity index (χ0n) is 11.1. The summed E-state index contributed by atoms with van der Waals surface area (Å²) >= 11 is 0. The summed E-state index contributed by atoms with van der Waals surface area (Å²) in [5.74, 6) is 8.66. The van der Waals surface area contributed by atoms with Crippen LogP contribution in [0.5, 0.6) is 0 Å². The fraction of sp³-hybridized carbons (Fsp3) is 1.00. The first-order chi connectivity index (χ1) is 7.53. The van der Waals surface area contributed by atoms with E-state index in [4.69, 9.17) is 5.84 Å². The maximum atomic E-state index is 5.75. The second kappa shape index (κ2) is 4.66. The van der Waals surface area contributed by atoms with Gasteiger partial charge in [-0.25, -0.2) is 0 Å². The maximum absolute atomic E-state index is 5.75. The molecule has 0 aromatic heterocycles. The fourth-order valence-electron chi connectivity index (χ4n) is 3.62. The molecule has 0 bridgehead atoms. The molecule has 2 saturated carbocycles. The third-order valence-corrected chi connectivity index (χ3v) is 4.61. The van der Waals surface area contributed by atoms with E-state index in [-0.39, 0.29) is 0 Å². The SMILES string of the molecule is CC(C)(C)CCC(NN)C1C2CCCCC21. The smallest absolute Gasteiger partial charge is 0.0244 e. The van der Waals surface area contributed by atoms with Crippen LogP contribution in [0.25, 0.3) is 0 Å². The molecule has 0 heterocycles. The molecular weight excluding hydrogens is 196 g/mol. The zero-order valence-corrected chi connectivity index (χ0v) is 11.1. The van der Waals surface area contributed by atoms with Crippen molar-refractivity contribution in [2.24, 2.45) is 29.0 Å². The molecule has 3 atom stereocenters. The van der Waals surface area contributed by atoms with E-state index < -0.39 is 0 Å². The second-order valence-electron chi connectivity index (χ2n) is 7.06. The number of hydrogen-bond acceptors (Lipinski definition) is 2. The van der Waals surface area contributed by atoms with Crippen LogP contribution in [0, 0.1) is 23.2 Å². The van der Waals surface area contributed by atoms with Crippen molar-refractivity contribution in [3.8, 4) is 0 Å². The molecule has 2 aliphatic carbocycles. The van der Waals surface area contributed by atoms with E-state index in [2.05, 4.69) is 26.2 Å². The van der Waals surface area contributed by atoms with Crippen LogP contribution in [0.3, 0.4) is 0 Å². The van der Waals surface area contributed by atoms with Gasteiger partial charge in [-0.3, -0.25) is 11.3 Å². The number of hydrogen-bond donors (Lipinski definition) is 2. The molecule has 0 aromatic rings. The average Bonchev–Trinajstić information content (AvgIpc) is 2.92. The summed E-state index contributed by atoms with van der Waals surface area (Å²) in [6.45, 7) is 6.96. The third-order valence-electron chi connectivity index (χ3n) is 4.61. The first kappa shape index (κ1) is 12.4. The predicted molar refractivity (Wildman–Crippen MR) is 68.7 cm³/mol. The van der Waals surface area contributed by atoms with Gasteiger partial charge >= 0.3 is 0 Å². The molecular formula is C14H28N2. The minimum absolute atomic E-state index is 0.440. The van der Waals surface area contributed by atoms with Crippen LogP contribution in [-0.2, 0) is 0 Å². The Bertz CT molecular complexity index is 219. The first-order valence-electron chi connectivity index (χ1n) is 6.99. The Morgan fingerprint density at radius 2 is 1.75 bits per heavy atom. The molecule has 3 unspecified atom stereocenters. The van der Waals surface area contributed by atoms with Gasteiger partial charge < -0.3 is 0 Å². The molecule has 0 aliphatic heterocycles. The molecule has 0 radical (unpaired) electrons. The number of fused-ring (bicyclic) bond motifs is 1. The molecule has 0 amide bonds. The van der Waals surface area contributed by atoms with Gasteiger partial charge in [-0.2, -0.15) is 0 Å². The first-order valence-corrected chi connectivity index (χ1v) is 6.99. The summed E-state index contributed by atoms with van der Waals surface area (Å²) in [6.07, 6.45) is 8.35. The van der Waals surface area contributed by atoms with Crippen molar-refractivity contribution in [1.82, 2.24) is 5.43 Å². The van der Waals surface area contributed by atoms with Gasteiger partial charge in [-0.1, -0.05) is 33.6 Å². The van der Waals surface area contributed by atoms with E-state index in [1.54, 1.807) is 0 Å². The van der Waals surface area contributed by atoms with Gasteiger partial charge in [0.05, 0.1) is 0 Å². The summed E-state index contributed by atoms with van der Waals surface area (Å²) in [6, 6.07) is 0.576. The fourth-order valence-corrected chi connectivity index (χ4v) is 3.62. The highest BCUT2D eigenvalue weighted by Crippen LogP contribution is 2.57. The van der Waals surface area contributed by atoms with Crippen molar-refractivity contribution in [3.05, 3.63) is 0 Å². The van der Waals surface area contributed by atoms with Crippen LogP contribution in [-0.4, -0.2) is 6.04 Å². The van der Waals surface area contributed by atoms with Gasteiger partial charge in [-0.05, 0) is 48.9 Å². The highest BCUT2D eigenvalue weighted by molar-refractivity contribution is 5.04. The summed E-state index contributed by atoms with van der Waals surface area (Å²) in [5.41, 5.74) is 3.53. The molecule has 94 valence electrons. The van der Waals surface area contributed by atoms with Crippen LogP contribution in [0.4, 0.5) is 0 Å². The quantitative estimate of drug-likeness (QED) is 0.569. The molecule has 2 rings (SSSR count). The molecule has 2 nitrogen and oxygen atoms in total. The van der Waals surface area contributed by atoms with Crippen LogP contribution >= 0.6 is 0 Å². The normalized spacial score (nSPS) is 35.6. The lowest BCUT2D eigenvalue weighted by Crippen LogP contribution is -2.38. The minimum Gasteiger partial charge on any atom is -0.271 e. The standard InChI is InChI=1S/C14H28N2/c1-14(2,3)9-8-12(16-15)13-10-6-4-5-7-11(10)13/h10-13,16H,4-9,15H2,1-3H3. The van der Waals surface area contributed by atoms with E-state index in [0.29, 0.717) is 11.5 Å². The van der Waals surface area contributed by atoms with Crippen LogP contribution < -0.4 is 11.3 Å². The molecule has 2 heteroatoms. The number of rotatable bonds is 4. The maximum Gasteiger partial charge on any atom is 0.0244 e. The Kier molecular flexibility index (Phi) is 3.60. The molecule has 0 saturated heterocycles. The van der Waals surface area contributed by atoms with Gasteiger partial charge in [0.1, 0.15) is 0 Å². The molecule has 2 fully saturated rings. The van der Waals surface area contributed by atoms with E-state index in [9.17, 15) is 0 Å². The van der Waals surface area contributed by atoms with Crippen molar-refractivity contribution in [1.29, 1.82) is 0 Å². The number of nitrogens with one attached hydrogen (secondary N) is 1. The van der Waals surface area contributed by atoms with Crippen molar-refractivity contribution >= 4 is 0 Å². The van der Waals surface area contributed by atoms with Crippen LogP contribution in [0.15, 0.2) is 0 Å². The lowest BCUT2D eigenvalue weighted by Gasteiger charge is -2.23. The molecule has 2 aliphatic rings. The monoisotopic (exact) mass is 224 g/mol. The topological polar surface area (TPSA) is 38.0 Å². The molecule has 0 spiro atoms. The Hall–Kier alpha value is -0.0800. The number of nitrogens with two attached hydrogens (primary N) is 1. The van der Waals surface area contributed by atoms with E-state index in [1.165, 1.54) is 38.5 Å². The summed E-state index contributed by atoms with van der Waals surface area (Å²) in [5, 5.41) is 0. The van der Waals surface area contributed by atoms with Gasteiger partial charge in [0, 0.05) is 6.04 Å². The van der Waals surface area contributed by atoms with Crippen molar-refractivity contribution in [2.45, 2.75) is 65.3 Å². The third kappa shape index (κ3) is 2.78. The summed E-state index contributed by atoms with van der Waals surface area (Å²) in [4.78, 5) is 0. The van der Waals surface area contributed by atoms with Gasteiger partial charge in [0.25, 0.3) is 0 Å². The lowest BCUT2D eigenvalue weighted by molar-refractivity contribution is 0.309. The highest BCUT2D eigenvalue weighted by atomic mass is 15.2. The minimum atomic E-state index is 0.440. The molecule has 0 aromatic carbocycles. The average molecular weight is 224 g/mol. The van der Waals surface area contributed by atoms with Gasteiger partial charge in [-0.15, -0.1) is 0 Å². The zero-order chi connectivity index (χ0) is 11.8. The van der Waals surface area contributed by atoms with Crippen molar-refractivity contribution in [2.75, 3.05) is 0 Å². The Labute approximate surface area is 100 Å². The number of hydrazine groups is 1. The summed E-state index contributed by atoms with van der Waals surface area (Å²) < 4.78 is 0. The largest absolute Gasteiger partial charge is 0.271 e. The molecule has 16 heavy (non-hydrogen) atoms. The second-order valence-corrected chi connectivity index (χ2v) is 7.06. The molecule has 3 N–H and O–H groups in total. The Balaban J connectivity index is 1.82. The lowest BCUT2D eigenvalue weighted by atomic mass is 9.87. The van der Waals surface area contributed by atoms with E-state index in [0.717, 1.165) is 17.8 Å². The van der Waals surface area contributed by atoms with E-state index >= 15 is 0 Å². The van der Waals surface area contributed by atoms with Gasteiger partial charge in [0.2, 0.25) is 0 Å². The Morgan fingerprint density at radius 1 is 1.19 bits per heavy atom.